The maximum absolute atomic E-state index is 12.2. The second-order valence-electron chi connectivity index (χ2n) is 5.78. The van der Waals surface area contributed by atoms with Crippen molar-refractivity contribution in [2.75, 3.05) is 13.7 Å². The van der Waals surface area contributed by atoms with E-state index in [2.05, 4.69) is 31.3 Å². The maximum atomic E-state index is 12.2. The first-order valence-corrected chi connectivity index (χ1v) is 7.61. The SMILES string of the molecule is CCOC(=O)C1(NC)CCC(Oc2ccc(C)c(C)c2)C1. The van der Waals surface area contributed by atoms with Gasteiger partial charge in [-0.05, 0) is 63.9 Å². The molecule has 2 atom stereocenters. The third kappa shape index (κ3) is 3.38. The summed E-state index contributed by atoms with van der Waals surface area (Å²) in [6.45, 7) is 6.40. The van der Waals surface area contributed by atoms with Gasteiger partial charge in [0.15, 0.2) is 0 Å². The summed E-state index contributed by atoms with van der Waals surface area (Å²) >= 11 is 0. The van der Waals surface area contributed by atoms with E-state index in [4.69, 9.17) is 9.47 Å². The Labute approximate surface area is 126 Å². The molecule has 0 radical (unpaired) electrons. The highest BCUT2D eigenvalue weighted by atomic mass is 16.5. The van der Waals surface area contributed by atoms with Crippen LogP contribution in [0.2, 0.25) is 0 Å². The average Bonchev–Trinajstić information content (AvgIpc) is 2.88. The molecule has 0 spiro atoms. The van der Waals surface area contributed by atoms with Gasteiger partial charge < -0.3 is 14.8 Å². The third-order valence-corrected chi connectivity index (χ3v) is 4.40. The molecule has 2 rings (SSSR count). The Hall–Kier alpha value is -1.55. The van der Waals surface area contributed by atoms with Gasteiger partial charge in [-0.3, -0.25) is 4.79 Å². The molecule has 0 saturated heterocycles. The number of ether oxygens (including phenoxy) is 2. The Balaban J connectivity index is 2.04. The van der Waals surface area contributed by atoms with E-state index in [1.54, 1.807) is 0 Å². The van der Waals surface area contributed by atoms with Gasteiger partial charge in [0.2, 0.25) is 0 Å². The Kier molecular flexibility index (Phi) is 4.88. The van der Waals surface area contributed by atoms with Crippen molar-refractivity contribution < 1.29 is 14.3 Å². The molecule has 2 unspecified atom stereocenters. The van der Waals surface area contributed by atoms with Gasteiger partial charge in [-0.15, -0.1) is 0 Å². The van der Waals surface area contributed by atoms with Crippen molar-refractivity contribution in [2.45, 2.75) is 51.7 Å². The molecule has 4 nitrogen and oxygen atoms in total. The molecule has 1 aromatic carbocycles. The van der Waals surface area contributed by atoms with Gasteiger partial charge in [0.05, 0.1) is 6.61 Å². The molecule has 1 aliphatic carbocycles. The molecule has 1 aromatic rings. The van der Waals surface area contributed by atoms with E-state index in [9.17, 15) is 4.79 Å². The highest BCUT2D eigenvalue weighted by molar-refractivity contribution is 5.81. The number of rotatable bonds is 5. The van der Waals surface area contributed by atoms with Crippen LogP contribution in [0.3, 0.4) is 0 Å². The van der Waals surface area contributed by atoms with Crippen LogP contribution in [0.4, 0.5) is 0 Å². The van der Waals surface area contributed by atoms with Crippen molar-refractivity contribution in [2.24, 2.45) is 0 Å². The highest BCUT2D eigenvalue weighted by Crippen LogP contribution is 2.34. The van der Waals surface area contributed by atoms with Crippen LogP contribution in [0.15, 0.2) is 18.2 Å². The van der Waals surface area contributed by atoms with Crippen molar-refractivity contribution >= 4 is 5.97 Å². The number of nitrogens with one attached hydrogen (secondary N) is 1. The summed E-state index contributed by atoms with van der Waals surface area (Å²) in [6, 6.07) is 6.11. The fourth-order valence-electron chi connectivity index (χ4n) is 2.86. The summed E-state index contributed by atoms with van der Waals surface area (Å²) in [7, 11) is 1.81. The van der Waals surface area contributed by atoms with Crippen LogP contribution in [-0.4, -0.2) is 31.3 Å². The first-order chi connectivity index (χ1) is 10.0. The normalized spacial score (nSPS) is 24.9. The van der Waals surface area contributed by atoms with Crippen LogP contribution in [0.25, 0.3) is 0 Å². The molecule has 0 amide bonds. The zero-order chi connectivity index (χ0) is 15.5. The van der Waals surface area contributed by atoms with Crippen LogP contribution >= 0.6 is 0 Å². The number of likely N-dealkylation sites (N-methyl/N-ethyl adjacent to an activating group) is 1. The molecule has 1 N–H and O–H groups in total. The van der Waals surface area contributed by atoms with Crippen molar-refractivity contribution in [3.63, 3.8) is 0 Å². The van der Waals surface area contributed by atoms with Crippen molar-refractivity contribution in [3.05, 3.63) is 29.3 Å². The largest absolute Gasteiger partial charge is 0.490 e. The molecule has 0 bridgehead atoms. The monoisotopic (exact) mass is 291 g/mol. The summed E-state index contributed by atoms with van der Waals surface area (Å²) in [4.78, 5) is 12.2. The molecule has 1 aliphatic rings. The molecule has 4 heteroatoms. The predicted molar refractivity (Wildman–Crippen MR) is 82.6 cm³/mol. The van der Waals surface area contributed by atoms with E-state index in [0.717, 1.165) is 18.6 Å². The summed E-state index contributed by atoms with van der Waals surface area (Å²) in [5.41, 5.74) is 1.88. The number of esters is 1. The van der Waals surface area contributed by atoms with E-state index in [1.807, 2.05) is 20.0 Å². The van der Waals surface area contributed by atoms with E-state index in [1.165, 1.54) is 11.1 Å². The zero-order valence-corrected chi connectivity index (χ0v) is 13.4. The molecule has 0 heterocycles. The fraction of sp³-hybridized carbons (Fsp3) is 0.588. The number of aryl methyl sites for hydroxylation is 2. The molecule has 1 saturated carbocycles. The first-order valence-electron chi connectivity index (χ1n) is 7.61. The molecule has 0 aromatic heterocycles. The Bertz CT molecular complexity index is 515. The molecule has 21 heavy (non-hydrogen) atoms. The van der Waals surface area contributed by atoms with Crippen molar-refractivity contribution in [1.82, 2.24) is 5.32 Å². The van der Waals surface area contributed by atoms with Crippen molar-refractivity contribution in [1.29, 1.82) is 0 Å². The number of benzene rings is 1. The van der Waals surface area contributed by atoms with Crippen LogP contribution < -0.4 is 10.1 Å². The van der Waals surface area contributed by atoms with Gasteiger partial charge in [-0.1, -0.05) is 6.07 Å². The number of hydrogen-bond donors (Lipinski definition) is 1. The van der Waals surface area contributed by atoms with Crippen LogP contribution in [0.1, 0.15) is 37.3 Å². The quantitative estimate of drug-likeness (QED) is 0.847. The lowest BCUT2D eigenvalue weighted by Gasteiger charge is -2.26. The lowest BCUT2D eigenvalue weighted by molar-refractivity contribution is -0.151. The Morgan fingerprint density at radius 2 is 2.14 bits per heavy atom. The summed E-state index contributed by atoms with van der Waals surface area (Å²) in [5, 5.41) is 3.14. The maximum Gasteiger partial charge on any atom is 0.326 e. The standard InChI is InChI=1S/C17H25NO3/c1-5-20-16(19)17(18-4)9-8-15(11-17)21-14-7-6-12(2)13(3)10-14/h6-7,10,15,18H,5,8-9,11H2,1-4H3. The Morgan fingerprint density at radius 3 is 2.76 bits per heavy atom. The van der Waals surface area contributed by atoms with Gasteiger partial charge in [0.25, 0.3) is 0 Å². The van der Waals surface area contributed by atoms with Gasteiger partial charge in [-0.25, -0.2) is 0 Å². The highest BCUT2D eigenvalue weighted by Gasteiger charge is 2.46. The molecule has 1 fully saturated rings. The minimum absolute atomic E-state index is 0.0453. The summed E-state index contributed by atoms with van der Waals surface area (Å²) in [5.74, 6) is 0.706. The molecule has 116 valence electrons. The van der Waals surface area contributed by atoms with Gasteiger partial charge in [0, 0.05) is 6.42 Å². The van der Waals surface area contributed by atoms with Crippen molar-refractivity contribution in [3.8, 4) is 5.75 Å². The van der Waals surface area contributed by atoms with Crippen LogP contribution in [0, 0.1) is 13.8 Å². The fourth-order valence-corrected chi connectivity index (χ4v) is 2.86. The second-order valence-corrected chi connectivity index (χ2v) is 5.78. The number of carbonyl (C=O) groups is 1. The summed E-state index contributed by atoms with van der Waals surface area (Å²) < 4.78 is 11.2. The third-order valence-electron chi connectivity index (χ3n) is 4.40. The lowest BCUT2D eigenvalue weighted by atomic mass is 9.98. The summed E-state index contributed by atoms with van der Waals surface area (Å²) in [6.07, 6.45) is 2.30. The molecule has 0 aliphatic heterocycles. The van der Waals surface area contributed by atoms with Gasteiger partial charge in [-0.2, -0.15) is 0 Å². The minimum atomic E-state index is -0.597. The topological polar surface area (TPSA) is 47.6 Å². The Morgan fingerprint density at radius 1 is 1.38 bits per heavy atom. The predicted octanol–water partition coefficient (Wildman–Crippen LogP) is 2.76. The van der Waals surface area contributed by atoms with E-state index in [-0.39, 0.29) is 12.1 Å². The molecular weight excluding hydrogens is 266 g/mol. The van der Waals surface area contributed by atoms with E-state index in [0.29, 0.717) is 13.0 Å². The van der Waals surface area contributed by atoms with Gasteiger partial charge in [0.1, 0.15) is 17.4 Å². The first kappa shape index (κ1) is 15.8. The zero-order valence-electron chi connectivity index (χ0n) is 13.4. The number of carbonyl (C=O) groups excluding carboxylic acids is 1. The molecular formula is C17H25NO3. The minimum Gasteiger partial charge on any atom is -0.490 e. The number of hydrogen-bond acceptors (Lipinski definition) is 4. The van der Waals surface area contributed by atoms with E-state index < -0.39 is 5.54 Å². The average molecular weight is 291 g/mol. The van der Waals surface area contributed by atoms with Gasteiger partial charge >= 0.3 is 5.97 Å². The van der Waals surface area contributed by atoms with Crippen LogP contribution in [-0.2, 0) is 9.53 Å². The van der Waals surface area contributed by atoms with E-state index >= 15 is 0 Å². The smallest absolute Gasteiger partial charge is 0.326 e. The second kappa shape index (κ2) is 6.48. The lowest BCUT2D eigenvalue weighted by Crippen LogP contribution is -2.49. The van der Waals surface area contributed by atoms with Crippen LogP contribution in [0.5, 0.6) is 5.75 Å².